The third kappa shape index (κ3) is 2.95. The minimum absolute atomic E-state index is 0.563. The first kappa shape index (κ1) is 14.5. The SMILES string of the molecule is CCc1nnc2n1CCN(CCOc1ccccc1C#N)C2. The highest BCUT2D eigenvalue weighted by Crippen LogP contribution is 2.17. The van der Waals surface area contributed by atoms with Crippen molar-refractivity contribution < 1.29 is 4.74 Å². The van der Waals surface area contributed by atoms with Crippen LogP contribution in [0.3, 0.4) is 0 Å². The van der Waals surface area contributed by atoms with Gasteiger partial charge in [-0.1, -0.05) is 19.1 Å². The fourth-order valence-electron chi connectivity index (χ4n) is 2.69. The number of aryl methyl sites for hydroxylation is 1. The lowest BCUT2D eigenvalue weighted by atomic mass is 10.2. The van der Waals surface area contributed by atoms with Gasteiger partial charge >= 0.3 is 0 Å². The molecule has 0 atom stereocenters. The number of benzene rings is 1. The molecule has 0 amide bonds. The van der Waals surface area contributed by atoms with Crippen molar-refractivity contribution >= 4 is 0 Å². The lowest BCUT2D eigenvalue weighted by molar-refractivity contribution is 0.173. The summed E-state index contributed by atoms with van der Waals surface area (Å²) in [5.74, 6) is 2.74. The maximum Gasteiger partial charge on any atom is 0.147 e. The van der Waals surface area contributed by atoms with E-state index >= 15 is 0 Å². The molecule has 6 heteroatoms. The molecule has 114 valence electrons. The van der Waals surface area contributed by atoms with Crippen molar-refractivity contribution in [2.45, 2.75) is 26.4 Å². The minimum Gasteiger partial charge on any atom is -0.491 e. The fraction of sp³-hybridized carbons (Fsp3) is 0.438. The first-order valence-electron chi connectivity index (χ1n) is 7.57. The molecule has 0 radical (unpaired) electrons. The van der Waals surface area contributed by atoms with E-state index in [1.165, 1.54) is 0 Å². The average Bonchev–Trinajstić information content (AvgIpc) is 2.97. The molecule has 1 aromatic heterocycles. The summed E-state index contributed by atoms with van der Waals surface area (Å²) in [6.45, 7) is 6.18. The van der Waals surface area contributed by atoms with Crippen LogP contribution in [0.15, 0.2) is 24.3 Å². The van der Waals surface area contributed by atoms with Gasteiger partial charge in [0.05, 0.1) is 12.1 Å². The summed E-state index contributed by atoms with van der Waals surface area (Å²) >= 11 is 0. The monoisotopic (exact) mass is 297 g/mol. The standard InChI is InChI=1S/C16H19N5O/c1-2-15-18-19-16-12-20(7-8-21(15)16)9-10-22-14-6-4-3-5-13(14)11-17/h3-6H,2,7-10,12H2,1H3. The molecule has 22 heavy (non-hydrogen) atoms. The fourth-order valence-corrected chi connectivity index (χ4v) is 2.69. The van der Waals surface area contributed by atoms with Crippen LogP contribution in [0.1, 0.15) is 24.1 Å². The van der Waals surface area contributed by atoms with Crippen molar-refractivity contribution in [1.29, 1.82) is 5.26 Å². The average molecular weight is 297 g/mol. The molecule has 1 aliphatic heterocycles. The number of nitriles is 1. The van der Waals surface area contributed by atoms with E-state index in [1.54, 1.807) is 6.07 Å². The zero-order valence-corrected chi connectivity index (χ0v) is 12.7. The normalized spacial score (nSPS) is 14.4. The Morgan fingerprint density at radius 1 is 1.27 bits per heavy atom. The van der Waals surface area contributed by atoms with E-state index in [1.807, 2.05) is 18.2 Å². The topological polar surface area (TPSA) is 67.0 Å². The number of hydrogen-bond acceptors (Lipinski definition) is 5. The van der Waals surface area contributed by atoms with E-state index in [4.69, 9.17) is 10.00 Å². The summed E-state index contributed by atoms with van der Waals surface area (Å²) in [6, 6.07) is 9.47. The van der Waals surface area contributed by atoms with Gasteiger partial charge in [-0.05, 0) is 12.1 Å². The summed E-state index contributed by atoms with van der Waals surface area (Å²) in [5.41, 5.74) is 0.577. The maximum absolute atomic E-state index is 9.04. The highest BCUT2D eigenvalue weighted by molar-refractivity contribution is 5.42. The van der Waals surface area contributed by atoms with Crippen LogP contribution in [0.2, 0.25) is 0 Å². The quantitative estimate of drug-likeness (QED) is 0.838. The molecule has 0 saturated heterocycles. The predicted octanol–water partition coefficient (Wildman–Crippen LogP) is 1.61. The zero-order chi connectivity index (χ0) is 15.4. The second-order valence-corrected chi connectivity index (χ2v) is 5.27. The van der Waals surface area contributed by atoms with Gasteiger partial charge in [-0.3, -0.25) is 4.90 Å². The van der Waals surface area contributed by atoms with Crippen LogP contribution in [0, 0.1) is 11.3 Å². The molecule has 3 rings (SSSR count). The summed E-state index contributed by atoms with van der Waals surface area (Å²) in [7, 11) is 0. The van der Waals surface area contributed by atoms with E-state index in [2.05, 4.69) is 32.7 Å². The molecule has 0 spiro atoms. The first-order valence-corrected chi connectivity index (χ1v) is 7.57. The van der Waals surface area contributed by atoms with Gasteiger partial charge in [-0.25, -0.2) is 0 Å². The predicted molar refractivity (Wildman–Crippen MR) is 81.3 cm³/mol. The minimum atomic E-state index is 0.563. The van der Waals surface area contributed by atoms with E-state index in [9.17, 15) is 0 Å². The van der Waals surface area contributed by atoms with Crippen molar-refractivity contribution in [3.8, 4) is 11.8 Å². The van der Waals surface area contributed by atoms with Crippen LogP contribution in [0.4, 0.5) is 0 Å². The Morgan fingerprint density at radius 2 is 2.14 bits per heavy atom. The largest absolute Gasteiger partial charge is 0.491 e. The van der Waals surface area contributed by atoms with E-state index in [-0.39, 0.29) is 0 Å². The Kier molecular flexibility index (Phi) is 4.35. The molecule has 1 aliphatic rings. The van der Waals surface area contributed by atoms with E-state index in [0.29, 0.717) is 17.9 Å². The smallest absolute Gasteiger partial charge is 0.147 e. The van der Waals surface area contributed by atoms with Gasteiger partial charge in [-0.2, -0.15) is 5.26 Å². The van der Waals surface area contributed by atoms with Crippen LogP contribution in [0.5, 0.6) is 5.75 Å². The number of fused-ring (bicyclic) bond motifs is 1. The second-order valence-electron chi connectivity index (χ2n) is 5.27. The van der Waals surface area contributed by atoms with Gasteiger partial charge in [0.15, 0.2) is 0 Å². The van der Waals surface area contributed by atoms with Crippen LogP contribution >= 0.6 is 0 Å². The Labute approximate surface area is 129 Å². The molecule has 0 N–H and O–H groups in total. The summed E-state index contributed by atoms with van der Waals surface area (Å²) in [5, 5.41) is 17.5. The molecule has 1 aromatic carbocycles. The van der Waals surface area contributed by atoms with Gasteiger partial charge in [0.2, 0.25) is 0 Å². The number of ether oxygens (including phenoxy) is 1. The third-order valence-corrected chi connectivity index (χ3v) is 3.90. The first-order chi connectivity index (χ1) is 10.8. The van der Waals surface area contributed by atoms with Gasteiger partial charge < -0.3 is 9.30 Å². The molecular formula is C16H19N5O. The molecule has 0 unspecified atom stereocenters. The van der Waals surface area contributed by atoms with Gasteiger partial charge in [-0.15, -0.1) is 10.2 Å². The molecule has 0 bridgehead atoms. The number of aromatic nitrogens is 3. The highest BCUT2D eigenvalue weighted by atomic mass is 16.5. The Morgan fingerprint density at radius 3 is 2.95 bits per heavy atom. The van der Waals surface area contributed by atoms with Crippen molar-refractivity contribution in [3.05, 3.63) is 41.5 Å². The second kappa shape index (κ2) is 6.58. The van der Waals surface area contributed by atoms with Crippen LogP contribution < -0.4 is 4.74 Å². The molecule has 2 aromatic rings. The van der Waals surface area contributed by atoms with Crippen molar-refractivity contribution in [3.63, 3.8) is 0 Å². The summed E-state index contributed by atoms with van der Waals surface area (Å²) < 4.78 is 7.95. The van der Waals surface area contributed by atoms with Crippen LogP contribution in [-0.2, 0) is 19.5 Å². The Balaban J connectivity index is 1.54. The number of rotatable bonds is 5. The van der Waals surface area contributed by atoms with E-state index < -0.39 is 0 Å². The molecule has 0 aliphatic carbocycles. The van der Waals surface area contributed by atoms with Crippen molar-refractivity contribution in [2.75, 3.05) is 19.7 Å². The van der Waals surface area contributed by atoms with Gasteiger partial charge in [0.1, 0.15) is 30.1 Å². The molecule has 2 heterocycles. The van der Waals surface area contributed by atoms with E-state index in [0.717, 1.165) is 44.2 Å². The molecule has 0 fully saturated rings. The van der Waals surface area contributed by atoms with Gasteiger partial charge in [0, 0.05) is 26.1 Å². The lowest BCUT2D eigenvalue weighted by Crippen LogP contribution is -2.36. The summed E-state index contributed by atoms with van der Waals surface area (Å²) in [4.78, 5) is 2.30. The number of nitrogens with zero attached hydrogens (tertiary/aromatic N) is 5. The van der Waals surface area contributed by atoms with Crippen LogP contribution in [-0.4, -0.2) is 39.4 Å². The Bertz CT molecular complexity index is 688. The number of para-hydroxylation sites is 1. The number of hydrogen-bond donors (Lipinski definition) is 0. The Hall–Kier alpha value is -2.39. The zero-order valence-electron chi connectivity index (χ0n) is 12.7. The van der Waals surface area contributed by atoms with Gasteiger partial charge in [0.25, 0.3) is 0 Å². The van der Waals surface area contributed by atoms with Crippen molar-refractivity contribution in [1.82, 2.24) is 19.7 Å². The molecule has 0 saturated carbocycles. The molecule has 6 nitrogen and oxygen atoms in total. The highest BCUT2D eigenvalue weighted by Gasteiger charge is 2.20. The maximum atomic E-state index is 9.04. The molecular weight excluding hydrogens is 278 g/mol. The lowest BCUT2D eigenvalue weighted by Gasteiger charge is -2.27. The third-order valence-electron chi connectivity index (χ3n) is 3.90. The summed E-state index contributed by atoms with van der Waals surface area (Å²) in [6.07, 6.45) is 0.918. The van der Waals surface area contributed by atoms with Crippen molar-refractivity contribution in [2.24, 2.45) is 0 Å². The van der Waals surface area contributed by atoms with Crippen LogP contribution in [0.25, 0.3) is 0 Å².